The lowest BCUT2D eigenvalue weighted by atomic mass is 10.1. The van der Waals surface area contributed by atoms with Crippen LogP contribution in [0.4, 0.5) is 13.2 Å². The number of hydrogen-bond acceptors (Lipinski definition) is 1. The summed E-state index contributed by atoms with van der Waals surface area (Å²) >= 11 is 5.98. The van der Waals surface area contributed by atoms with Crippen molar-refractivity contribution in [2.45, 2.75) is 6.36 Å². The summed E-state index contributed by atoms with van der Waals surface area (Å²) in [7, 11) is 1.89. The topological polar surface area (TPSA) is 14.2 Å². The second kappa shape index (κ2) is 5.25. The minimum Gasteiger partial charge on any atom is -0.406 e. The Morgan fingerprint density at radius 3 is 2.32 bits per heavy atom. The number of aryl methyl sites for hydroxylation is 1. The Bertz CT molecular complexity index is 822. The van der Waals surface area contributed by atoms with E-state index in [0.717, 1.165) is 22.2 Å². The summed E-state index contributed by atoms with van der Waals surface area (Å²) in [4.78, 5) is 0. The number of rotatable bonds is 2. The van der Waals surface area contributed by atoms with Gasteiger partial charge >= 0.3 is 6.36 Å². The van der Waals surface area contributed by atoms with Crippen LogP contribution in [-0.2, 0) is 7.05 Å². The molecule has 22 heavy (non-hydrogen) atoms. The summed E-state index contributed by atoms with van der Waals surface area (Å²) in [6, 6.07) is 13.3. The molecule has 0 aliphatic heterocycles. The molecule has 0 atom stereocenters. The molecule has 0 saturated carbocycles. The van der Waals surface area contributed by atoms with E-state index in [1.54, 1.807) is 18.2 Å². The maximum Gasteiger partial charge on any atom is 0.573 e. The standard InChI is InChI=1S/C16H11ClF3NO/c1-21-14-7-4-12(17)8-11(14)9-15(21)10-2-5-13(6-3-10)22-16(18,19)20/h2-9H,1H3. The maximum absolute atomic E-state index is 12.2. The third-order valence-corrected chi connectivity index (χ3v) is 3.62. The molecule has 1 heterocycles. The minimum atomic E-state index is -4.68. The van der Waals surface area contributed by atoms with Crippen LogP contribution in [-0.4, -0.2) is 10.9 Å². The average molecular weight is 326 g/mol. The van der Waals surface area contributed by atoms with Crippen molar-refractivity contribution >= 4 is 22.5 Å². The third-order valence-electron chi connectivity index (χ3n) is 3.39. The van der Waals surface area contributed by atoms with Gasteiger partial charge in [-0.3, -0.25) is 0 Å². The lowest BCUT2D eigenvalue weighted by Crippen LogP contribution is -2.16. The molecule has 0 spiro atoms. The van der Waals surface area contributed by atoms with Gasteiger partial charge in [0.2, 0.25) is 0 Å². The van der Waals surface area contributed by atoms with Gasteiger partial charge in [0.05, 0.1) is 0 Å². The van der Waals surface area contributed by atoms with Gasteiger partial charge in [0.15, 0.2) is 0 Å². The number of hydrogen-bond donors (Lipinski definition) is 0. The van der Waals surface area contributed by atoms with Gasteiger partial charge in [-0.05, 0) is 54.1 Å². The molecule has 3 rings (SSSR count). The fourth-order valence-corrected chi connectivity index (χ4v) is 2.61. The first-order valence-electron chi connectivity index (χ1n) is 6.45. The summed E-state index contributed by atoms with van der Waals surface area (Å²) in [6.45, 7) is 0. The predicted octanol–water partition coefficient (Wildman–Crippen LogP) is 5.40. The number of benzene rings is 2. The molecule has 2 aromatic carbocycles. The van der Waals surface area contributed by atoms with Crippen LogP contribution in [0.15, 0.2) is 48.5 Å². The molecule has 6 heteroatoms. The van der Waals surface area contributed by atoms with Gasteiger partial charge in [0.1, 0.15) is 5.75 Å². The van der Waals surface area contributed by atoms with Crippen LogP contribution < -0.4 is 4.74 Å². The summed E-state index contributed by atoms with van der Waals surface area (Å²) in [5.74, 6) is -0.238. The molecule has 0 fully saturated rings. The van der Waals surface area contributed by atoms with Crippen LogP contribution in [0.25, 0.3) is 22.2 Å². The van der Waals surface area contributed by atoms with Gasteiger partial charge in [-0.25, -0.2) is 0 Å². The maximum atomic E-state index is 12.2. The Kier molecular flexibility index (Phi) is 3.53. The molecule has 0 unspecified atom stereocenters. The molecule has 0 radical (unpaired) electrons. The zero-order chi connectivity index (χ0) is 15.9. The molecule has 0 saturated heterocycles. The van der Waals surface area contributed by atoms with Crippen molar-refractivity contribution in [3.63, 3.8) is 0 Å². The van der Waals surface area contributed by atoms with Gasteiger partial charge in [0.25, 0.3) is 0 Å². The van der Waals surface area contributed by atoms with E-state index in [1.165, 1.54) is 12.1 Å². The van der Waals surface area contributed by atoms with E-state index in [0.29, 0.717) is 5.02 Å². The van der Waals surface area contributed by atoms with Crippen molar-refractivity contribution < 1.29 is 17.9 Å². The number of nitrogens with zero attached hydrogens (tertiary/aromatic N) is 1. The summed E-state index contributed by atoms with van der Waals surface area (Å²) in [5, 5.41) is 1.61. The van der Waals surface area contributed by atoms with Crippen molar-refractivity contribution in [1.29, 1.82) is 0 Å². The highest BCUT2D eigenvalue weighted by Crippen LogP contribution is 2.31. The fourth-order valence-electron chi connectivity index (χ4n) is 2.42. The Labute approximate surface area is 129 Å². The third kappa shape index (κ3) is 2.90. The highest BCUT2D eigenvalue weighted by Gasteiger charge is 2.31. The normalized spacial score (nSPS) is 11.9. The summed E-state index contributed by atoms with van der Waals surface area (Å²) in [5.41, 5.74) is 2.68. The molecule has 0 amide bonds. The van der Waals surface area contributed by atoms with E-state index in [2.05, 4.69) is 4.74 Å². The zero-order valence-corrected chi connectivity index (χ0v) is 12.2. The van der Waals surface area contributed by atoms with Gasteiger partial charge in [-0.2, -0.15) is 0 Å². The van der Waals surface area contributed by atoms with Crippen LogP contribution in [0.5, 0.6) is 5.75 Å². The Balaban J connectivity index is 1.99. The molecule has 2 nitrogen and oxygen atoms in total. The number of ether oxygens (including phenoxy) is 1. The van der Waals surface area contributed by atoms with E-state index in [-0.39, 0.29) is 5.75 Å². The molecular weight excluding hydrogens is 315 g/mol. The smallest absolute Gasteiger partial charge is 0.406 e. The molecule has 0 bridgehead atoms. The molecular formula is C16H11ClF3NO. The van der Waals surface area contributed by atoms with Crippen molar-refractivity contribution in [2.75, 3.05) is 0 Å². The number of alkyl halides is 3. The first kappa shape index (κ1) is 14.8. The molecule has 1 aromatic heterocycles. The molecule has 0 aliphatic carbocycles. The number of fused-ring (bicyclic) bond motifs is 1. The largest absolute Gasteiger partial charge is 0.573 e. The monoisotopic (exact) mass is 325 g/mol. The lowest BCUT2D eigenvalue weighted by Gasteiger charge is -2.09. The molecule has 0 N–H and O–H groups in total. The van der Waals surface area contributed by atoms with E-state index in [9.17, 15) is 13.2 Å². The van der Waals surface area contributed by atoms with Crippen LogP contribution in [0.2, 0.25) is 5.02 Å². The highest BCUT2D eigenvalue weighted by molar-refractivity contribution is 6.31. The van der Waals surface area contributed by atoms with Crippen molar-refractivity contribution in [3.8, 4) is 17.0 Å². The average Bonchev–Trinajstić information content (AvgIpc) is 2.74. The lowest BCUT2D eigenvalue weighted by molar-refractivity contribution is -0.274. The number of aromatic nitrogens is 1. The van der Waals surface area contributed by atoms with Crippen LogP contribution in [0.3, 0.4) is 0 Å². The van der Waals surface area contributed by atoms with E-state index in [1.807, 2.05) is 29.8 Å². The Hall–Kier alpha value is -2.14. The number of halogens is 4. The predicted molar refractivity (Wildman–Crippen MR) is 80.0 cm³/mol. The summed E-state index contributed by atoms with van der Waals surface area (Å²) in [6.07, 6.45) is -4.68. The first-order valence-corrected chi connectivity index (χ1v) is 6.82. The quantitative estimate of drug-likeness (QED) is 0.615. The van der Waals surface area contributed by atoms with Crippen LogP contribution >= 0.6 is 11.6 Å². The molecule has 0 aliphatic rings. The van der Waals surface area contributed by atoms with Gasteiger partial charge in [-0.1, -0.05) is 11.6 Å². The van der Waals surface area contributed by atoms with E-state index >= 15 is 0 Å². The van der Waals surface area contributed by atoms with E-state index < -0.39 is 6.36 Å². The fraction of sp³-hybridized carbons (Fsp3) is 0.125. The highest BCUT2D eigenvalue weighted by atomic mass is 35.5. The van der Waals surface area contributed by atoms with Crippen molar-refractivity contribution in [3.05, 3.63) is 53.6 Å². The first-order chi connectivity index (χ1) is 10.3. The van der Waals surface area contributed by atoms with Crippen LogP contribution in [0.1, 0.15) is 0 Å². The summed E-state index contributed by atoms with van der Waals surface area (Å²) < 4.78 is 42.3. The SMILES string of the molecule is Cn1c(-c2ccc(OC(F)(F)F)cc2)cc2cc(Cl)ccc21. The van der Waals surface area contributed by atoms with Crippen LogP contribution in [0, 0.1) is 0 Å². The minimum absolute atomic E-state index is 0.238. The second-order valence-electron chi connectivity index (χ2n) is 4.86. The van der Waals surface area contributed by atoms with Gasteiger partial charge in [-0.15, -0.1) is 13.2 Å². The van der Waals surface area contributed by atoms with Gasteiger partial charge in [0, 0.05) is 28.7 Å². The van der Waals surface area contributed by atoms with Gasteiger partial charge < -0.3 is 9.30 Å². The molecule has 3 aromatic rings. The van der Waals surface area contributed by atoms with Crippen molar-refractivity contribution in [1.82, 2.24) is 4.57 Å². The molecule has 114 valence electrons. The zero-order valence-electron chi connectivity index (χ0n) is 11.5. The Morgan fingerprint density at radius 2 is 1.68 bits per heavy atom. The Morgan fingerprint density at radius 1 is 1.00 bits per heavy atom. The van der Waals surface area contributed by atoms with E-state index in [4.69, 9.17) is 11.6 Å². The second-order valence-corrected chi connectivity index (χ2v) is 5.30. The van der Waals surface area contributed by atoms with Crippen molar-refractivity contribution in [2.24, 2.45) is 7.05 Å².